The van der Waals surface area contributed by atoms with E-state index in [4.69, 9.17) is 10.5 Å². The third kappa shape index (κ3) is 2.08. The lowest BCUT2D eigenvalue weighted by atomic mass is 10.1. The summed E-state index contributed by atoms with van der Waals surface area (Å²) in [4.78, 5) is 7.82. The Morgan fingerprint density at radius 2 is 1.72 bits per heavy atom. The van der Waals surface area contributed by atoms with Crippen molar-refractivity contribution < 1.29 is 4.74 Å². The number of rotatable bonds is 2. The first kappa shape index (κ1) is 10.5. The Hall–Kier alpha value is -2.62. The minimum atomic E-state index is 0.390. The molecular weight excluding hydrogens is 226 g/mol. The van der Waals surface area contributed by atoms with Crippen LogP contribution < -0.4 is 10.5 Å². The number of fused-ring (bicyclic) bond motifs is 1. The molecule has 3 aromatic rings. The highest BCUT2D eigenvalue weighted by atomic mass is 16.5. The third-order valence-electron chi connectivity index (χ3n) is 2.61. The van der Waals surface area contributed by atoms with Gasteiger partial charge in [-0.3, -0.25) is 0 Å². The van der Waals surface area contributed by atoms with E-state index in [9.17, 15) is 0 Å². The third-order valence-corrected chi connectivity index (χ3v) is 2.61. The van der Waals surface area contributed by atoms with Crippen molar-refractivity contribution in [2.45, 2.75) is 0 Å². The summed E-state index contributed by atoms with van der Waals surface area (Å²) in [6, 6.07) is 15.6. The Labute approximate surface area is 104 Å². The molecule has 0 fully saturated rings. The van der Waals surface area contributed by atoms with Crippen molar-refractivity contribution in [2.24, 2.45) is 0 Å². The van der Waals surface area contributed by atoms with Crippen LogP contribution in [0.4, 0.5) is 5.82 Å². The molecule has 0 amide bonds. The highest BCUT2D eigenvalue weighted by Gasteiger charge is 2.01. The van der Waals surface area contributed by atoms with Gasteiger partial charge in [-0.1, -0.05) is 30.3 Å². The molecule has 0 aliphatic carbocycles. The monoisotopic (exact) mass is 237 g/mol. The Kier molecular flexibility index (Phi) is 2.53. The Bertz CT molecular complexity index is 697. The van der Waals surface area contributed by atoms with E-state index < -0.39 is 0 Å². The summed E-state index contributed by atoms with van der Waals surface area (Å²) in [6.45, 7) is 0. The maximum absolute atomic E-state index is 5.64. The van der Waals surface area contributed by atoms with Gasteiger partial charge in [0, 0.05) is 6.07 Å². The molecule has 0 bridgehead atoms. The molecule has 18 heavy (non-hydrogen) atoms. The molecule has 0 aliphatic heterocycles. The lowest BCUT2D eigenvalue weighted by Crippen LogP contribution is -1.93. The predicted octanol–water partition coefficient (Wildman–Crippen LogP) is 3.00. The fourth-order valence-corrected chi connectivity index (χ4v) is 1.76. The van der Waals surface area contributed by atoms with Crippen molar-refractivity contribution in [2.75, 3.05) is 5.73 Å². The van der Waals surface area contributed by atoms with Crippen LogP contribution in [0, 0.1) is 0 Å². The summed E-state index contributed by atoms with van der Waals surface area (Å²) < 4.78 is 5.64. The molecule has 0 atom stereocenters. The molecular formula is C14H11N3O. The van der Waals surface area contributed by atoms with Gasteiger partial charge in [-0.15, -0.1) is 0 Å². The first-order valence-electron chi connectivity index (χ1n) is 5.55. The number of hydrogen-bond donors (Lipinski definition) is 1. The number of aromatic nitrogens is 2. The molecule has 4 heteroatoms. The van der Waals surface area contributed by atoms with Crippen LogP contribution in [-0.2, 0) is 0 Å². The van der Waals surface area contributed by atoms with Crippen LogP contribution in [0.1, 0.15) is 0 Å². The molecule has 4 nitrogen and oxygen atoms in total. The molecule has 0 saturated carbocycles. The van der Waals surface area contributed by atoms with Gasteiger partial charge in [0.15, 0.2) is 0 Å². The van der Waals surface area contributed by atoms with Gasteiger partial charge in [-0.05, 0) is 22.9 Å². The van der Waals surface area contributed by atoms with Gasteiger partial charge >= 0.3 is 0 Å². The van der Waals surface area contributed by atoms with Crippen molar-refractivity contribution in [1.29, 1.82) is 0 Å². The highest BCUT2D eigenvalue weighted by molar-refractivity contribution is 5.83. The second-order valence-electron chi connectivity index (χ2n) is 3.89. The topological polar surface area (TPSA) is 61.0 Å². The molecule has 1 aromatic heterocycles. The van der Waals surface area contributed by atoms with Crippen molar-refractivity contribution in [3.63, 3.8) is 0 Å². The minimum absolute atomic E-state index is 0.390. The molecule has 0 radical (unpaired) electrons. The lowest BCUT2D eigenvalue weighted by molar-refractivity contribution is 0.462. The van der Waals surface area contributed by atoms with Crippen LogP contribution in [0.25, 0.3) is 10.8 Å². The zero-order chi connectivity index (χ0) is 12.4. The predicted molar refractivity (Wildman–Crippen MR) is 70.5 cm³/mol. The van der Waals surface area contributed by atoms with E-state index in [1.165, 1.54) is 11.7 Å². The van der Waals surface area contributed by atoms with E-state index in [0.29, 0.717) is 11.7 Å². The van der Waals surface area contributed by atoms with E-state index in [1.807, 2.05) is 36.4 Å². The van der Waals surface area contributed by atoms with Gasteiger partial charge < -0.3 is 10.5 Å². The largest absolute Gasteiger partial charge is 0.439 e. The fraction of sp³-hybridized carbons (Fsp3) is 0. The van der Waals surface area contributed by atoms with Crippen LogP contribution in [0.5, 0.6) is 11.6 Å². The van der Waals surface area contributed by atoms with Gasteiger partial charge in [0.25, 0.3) is 0 Å². The van der Waals surface area contributed by atoms with Crippen LogP contribution in [0.15, 0.2) is 54.9 Å². The van der Waals surface area contributed by atoms with Crippen molar-refractivity contribution in [3.8, 4) is 11.6 Å². The SMILES string of the molecule is Nc1cc(Oc2ccc3ccccc3c2)ncn1. The van der Waals surface area contributed by atoms with E-state index >= 15 is 0 Å². The lowest BCUT2D eigenvalue weighted by Gasteiger charge is -2.05. The number of hydrogen-bond acceptors (Lipinski definition) is 4. The Morgan fingerprint density at radius 1 is 0.889 bits per heavy atom. The number of benzene rings is 2. The number of nitrogen functional groups attached to an aromatic ring is 1. The van der Waals surface area contributed by atoms with E-state index in [0.717, 1.165) is 11.1 Å². The molecule has 88 valence electrons. The van der Waals surface area contributed by atoms with Crippen LogP contribution in [0.2, 0.25) is 0 Å². The molecule has 1 heterocycles. The molecule has 0 saturated heterocycles. The Morgan fingerprint density at radius 3 is 2.56 bits per heavy atom. The van der Waals surface area contributed by atoms with Gasteiger partial charge in [0.1, 0.15) is 17.9 Å². The summed E-state index contributed by atoms with van der Waals surface area (Å²) in [6.07, 6.45) is 1.38. The van der Waals surface area contributed by atoms with Crippen molar-refractivity contribution in [1.82, 2.24) is 9.97 Å². The maximum Gasteiger partial charge on any atom is 0.224 e. The molecule has 2 N–H and O–H groups in total. The first-order valence-corrected chi connectivity index (χ1v) is 5.55. The molecule has 0 unspecified atom stereocenters. The minimum Gasteiger partial charge on any atom is -0.439 e. The number of nitrogens with two attached hydrogens (primary N) is 1. The first-order chi connectivity index (χ1) is 8.81. The second kappa shape index (κ2) is 4.33. The molecule has 0 spiro atoms. The number of ether oxygens (including phenoxy) is 1. The van der Waals surface area contributed by atoms with Gasteiger partial charge in [0.05, 0.1) is 0 Å². The maximum atomic E-state index is 5.64. The smallest absolute Gasteiger partial charge is 0.224 e. The second-order valence-corrected chi connectivity index (χ2v) is 3.89. The van der Waals surface area contributed by atoms with Crippen LogP contribution in [-0.4, -0.2) is 9.97 Å². The van der Waals surface area contributed by atoms with E-state index in [2.05, 4.69) is 16.0 Å². The summed E-state index contributed by atoms with van der Waals surface area (Å²) in [7, 11) is 0. The summed E-state index contributed by atoms with van der Waals surface area (Å²) in [5.74, 6) is 1.56. The van der Waals surface area contributed by atoms with Crippen LogP contribution in [0.3, 0.4) is 0 Å². The molecule has 0 aliphatic rings. The van der Waals surface area contributed by atoms with Gasteiger partial charge in [-0.25, -0.2) is 9.97 Å². The van der Waals surface area contributed by atoms with Crippen molar-refractivity contribution in [3.05, 3.63) is 54.9 Å². The number of anilines is 1. The summed E-state index contributed by atoms with van der Waals surface area (Å²) in [5.41, 5.74) is 5.57. The Balaban J connectivity index is 1.95. The summed E-state index contributed by atoms with van der Waals surface area (Å²) >= 11 is 0. The van der Waals surface area contributed by atoms with Crippen molar-refractivity contribution >= 4 is 16.6 Å². The van der Waals surface area contributed by atoms with Crippen LogP contribution >= 0.6 is 0 Å². The molecule has 3 rings (SSSR count). The van der Waals surface area contributed by atoms with Gasteiger partial charge in [0.2, 0.25) is 5.88 Å². The zero-order valence-electron chi connectivity index (χ0n) is 9.58. The fourth-order valence-electron chi connectivity index (χ4n) is 1.76. The molecule has 2 aromatic carbocycles. The average Bonchev–Trinajstić information content (AvgIpc) is 2.39. The standard InChI is InChI=1S/C14H11N3O/c15-13-8-14(17-9-16-13)18-12-6-5-10-3-1-2-4-11(10)7-12/h1-9H,(H2,15,16,17). The summed E-state index contributed by atoms with van der Waals surface area (Å²) in [5, 5.41) is 2.30. The normalized spacial score (nSPS) is 10.4. The quantitative estimate of drug-likeness (QED) is 0.744. The zero-order valence-corrected chi connectivity index (χ0v) is 9.58. The highest BCUT2D eigenvalue weighted by Crippen LogP contribution is 2.24. The van der Waals surface area contributed by atoms with Gasteiger partial charge in [-0.2, -0.15) is 0 Å². The van der Waals surface area contributed by atoms with E-state index in [1.54, 1.807) is 6.07 Å². The number of nitrogens with zero attached hydrogens (tertiary/aromatic N) is 2. The average molecular weight is 237 g/mol. The van der Waals surface area contributed by atoms with E-state index in [-0.39, 0.29) is 0 Å².